The van der Waals surface area contributed by atoms with Gasteiger partial charge >= 0.3 is 0 Å². The molecular weight excluding hydrogens is 647 g/mol. The predicted octanol–water partition coefficient (Wildman–Crippen LogP) is 14.6. The summed E-state index contributed by atoms with van der Waals surface area (Å²) in [6.07, 6.45) is 0. The summed E-state index contributed by atoms with van der Waals surface area (Å²) < 4.78 is 13.1. The summed E-state index contributed by atoms with van der Waals surface area (Å²) in [4.78, 5) is 2.35. The summed E-state index contributed by atoms with van der Waals surface area (Å²) in [6, 6.07) is 66.8. The van der Waals surface area contributed by atoms with Crippen LogP contribution in [0.5, 0.6) is 0 Å². The molecule has 0 aliphatic rings. The Morgan fingerprint density at radius 2 is 0.906 bits per heavy atom. The molecule has 0 aliphatic carbocycles. The zero-order valence-corrected chi connectivity index (χ0v) is 28.7. The molecule has 0 saturated carbocycles. The Hall–Kier alpha value is -7.10. The molecule has 0 bridgehead atoms. The van der Waals surface area contributed by atoms with Crippen LogP contribution in [0.2, 0.25) is 0 Å². The lowest BCUT2D eigenvalue weighted by atomic mass is 10.00. The van der Waals surface area contributed by atoms with E-state index in [0.717, 1.165) is 77.3 Å². The van der Waals surface area contributed by atoms with E-state index in [1.54, 1.807) is 0 Å². The topological polar surface area (TPSA) is 29.5 Å². The standard InChI is InChI=1S/C50H31NO2/c1-2-9-32(10-3-1)34-19-22-39(23-20-34)51(40-15-8-14-37(30-40)38-18-17-33-11-4-5-13-36(33)29-38)41-24-26-45-44(31-41)49-46(52-45)27-28-47-48(49)43-25-21-35-12-6-7-16-42(35)50(43)53-47/h1-31H. The zero-order chi connectivity index (χ0) is 34.9. The van der Waals surface area contributed by atoms with E-state index in [4.69, 9.17) is 8.83 Å². The average molecular weight is 678 g/mol. The summed E-state index contributed by atoms with van der Waals surface area (Å²) in [7, 11) is 0. The molecule has 2 heterocycles. The number of hydrogen-bond acceptors (Lipinski definition) is 3. The SMILES string of the molecule is c1ccc(-c2ccc(N(c3cccc(-c4ccc5ccccc5c4)c3)c3ccc4oc5ccc6oc7c8ccccc8ccc7c6c5c4c3)cc2)cc1. The zero-order valence-electron chi connectivity index (χ0n) is 28.7. The molecule has 9 aromatic carbocycles. The fourth-order valence-corrected chi connectivity index (χ4v) is 8.06. The van der Waals surface area contributed by atoms with Gasteiger partial charge in [-0.3, -0.25) is 0 Å². The minimum atomic E-state index is 0.843. The highest BCUT2D eigenvalue weighted by molar-refractivity contribution is 6.28. The van der Waals surface area contributed by atoms with Gasteiger partial charge in [0.15, 0.2) is 0 Å². The van der Waals surface area contributed by atoms with Crippen molar-refractivity contribution in [1.29, 1.82) is 0 Å². The predicted molar refractivity (Wildman–Crippen MR) is 222 cm³/mol. The van der Waals surface area contributed by atoms with Gasteiger partial charge in [0.25, 0.3) is 0 Å². The smallest absolute Gasteiger partial charge is 0.143 e. The summed E-state index contributed by atoms with van der Waals surface area (Å²) in [5.74, 6) is 0. The van der Waals surface area contributed by atoms with Gasteiger partial charge in [-0.15, -0.1) is 0 Å². The number of fused-ring (bicyclic) bond motifs is 10. The van der Waals surface area contributed by atoms with Crippen molar-refractivity contribution in [2.24, 2.45) is 0 Å². The van der Waals surface area contributed by atoms with Crippen LogP contribution in [0.1, 0.15) is 0 Å². The Bertz CT molecular complexity index is 3170. The quantitative estimate of drug-likeness (QED) is 0.182. The molecule has 3 heteroatoms. The molecule has 11 rings (SSSR count). The van der Waals surface area contributed by atoms with E-state index in [0.29, 0.717) is 0 Å². The first-order valence-electron chi connectivity index (χ1n) is 18.0. The third-order valence-electron chi connectivity index (χ3n) is 10.6. The molecule has 0 saturated heterocycles. The van der Waals surface area contributed by atoms with Gasteiger partial charge in [0.2, 0.25) is 0 Å². The molecule has 0 N–H and O–H groups in total. The van der Waals surface area contributed by atoms with Crippen molar-refractivity contribution in [3.05, 3.63) is 188 Å². The first kappa shape index (κ1) is 29.6. The molecular formula is C50H31NO2. The second kappa shape index (κ2) is 11.7. The van der Waals surface area contributed by atoms with Crippen molar-refractivity contribution < 1.29 is 8.83 Å². The van der Waals surface area contributed by atoms with Gasteiger partial charge in [-0.05, 0) is 105 Å². The Morgan fingerprint density at radius 3 is 1.77 bits per heavy atom. The summed E-state index contributed by atoms with van der Waals surface area (Å²) in [6.45, 7) is 0. The second-order valence-corrected chi connectivity index (χ2v) is 13.7. The van der Waals surface area contributed by atoms with E-state index in [2.05, 4.69) is 181 Å². The van der Waals surface area contributed by atoms with Crippen LogP contribution in [0, 0.1) is 0 Å². The summed E-state index contributed by atoms with van der Waals surface area (Å²) in [5.41, 5.74) is 11.3. The maximum atomic E-state index is 6.59. The molecule has 0 aliphatic heterocycles. The van der Waals surface area contributed by atoms with Gasteiger partial charge in [-0.2, -0.15) is 0 Å². The summed E-state index contributed by atoms with van der Waals surface area (Å²) >= 11 is 0. The number of benzene rings is 9. The van der Waals surface area contributed by atoms with E-state index in [-0.39, 0.29) is 0 Å². The molecule has 0 atom stereocenters. The van der Waals surface area contributed by atoms with Crippen molar-refractivity contribution in [1.82, 2.24) is 0 Å². The maximum Gasteiger partial charge on any atom is 0.143 e. The van der Waals surface area contributed by atoms with Gasteiger partial charge in [0.1, 0.15) is 22.3 Å². The van der Waals surface area contributed by atoms with Gasteiger partial charge in [-0.25, -0.2) is 0 Å². The minimum Gasteiger partial charge on any atom is -0.456 e. The lowest BCUT2D eigenvalue weighted by Crippen LogP contribution is -2.10. The van der Waals surface area contributed by atoms with Gasteiger partial charge in [0.05, 0.1) is 0 Å². The lowest BCUT2D eigenvalue weighted by molar-refractivity contribution is 0.664. The molecule has 0 spiro atoms. The molecule has 2 aromatic heterocycles. The maximum absolute atomic E-state index is 6.59. The van der Waals surface area contributed by atoms with Crippen LogP contribution in [0.4, 0.5) is 17.1 Å². The van der Waals surface area contributed by atoms with Crippen LogP contribution in [0.25, 0.3) is 87.7 Å². The van der Waals surface area contributed by atoms with Crippen molar-refractivity contribution in [2.45, 2.75) is 0 Å². The van der Waals surface area contributed by atoms with Crippen LogP contribution < -0.4 is 4.90 Å². The van der Waals surface area contributed by atoms with Crippen LogP contribution in [-0.2, 0) is 0 Å². The van der Waals surface area contributed by atoms with Crippen LogP contribution in [-0.4, -0.2) is 0 Å². The van der Waals surface area contributed by atoms with E-state index in [9.17, 15) is 0 Å². The Kier molecular flexibility index (Phi) is 6.55. The third kappa shape index (κ3) is 4.82. The van der Waals surface area contributed by atoms with E-state index >= 15 is 0 Å². The van der Waals surface area contributed by atoms with Crippen LogP contribution in [0.15, 0.2) is 197 Å². The largest absolute Gasteiger partial charge is 0.456 e. The highest BCUT2D eigenvalue weighted by Crippen LogP contribution is 2.45. The minimum absolute atomic E-state index is 0.843. The molecule has 248 valence electrons. The van der Waals surface area contributed by atoms with Crippen molar-refractivity contribution in [3.8, 4) is 22.3 Å². The van der Waals surface area contributed by atoms with Crippen molar-refractivity contribution in [2.75, 3.05) is 4.90 Å². The summed E-state index contributed by atoms with van der Waals surface area (Å²) in [5, 5.41) is 9.03. The van der Waals surface area contributed by atoms with E-state index in [1.165, 1.54) is 27.5 Å². The third-order valence-corrected chi connectivity index (χ3v) is 10.6. The molecule has 0 fully saturated rings. The fourth-order valence-electron chi connectivity index (χ4n) is 8.06. The monoisotopic (exact) mass is 677 g/mol. The van der Waals surface area contributed by atoms with Crippen molar-refractivity contribution in [3.63, 3.8) is 0 Å². The lowest BCUT2D eigenvalue weighted by Gasteiger charge is -2.26. The fraction of sp³-hybridized carbons (Fsp3) is 0. The number of furan rings is 2. The Balaban J connectivity index is 1.12. The van der Waals surface area contributed by atoms with E-state index in [1.807, 2.05) is 12.1 Å². The average Bonchev–Trinajstić information content (AvgIpc) is 3.80. The van der Waals surface area contributed by atoms with Gasteiger partial charge < -0.3 is 13.7 Å². The number of hydrogen-bond donors (Lipinski definition) is 0. The van der Waals surface area contributed by atoms with Crippen LogP contribution in [0.3, 0.4) is 0 Å². The first-order valence-corrected chi connectivity index (χ1v) is 18.0. The number of rotatable bonds is 5. The first-order chi connectivity index (χ1) is 26.2. The molecule has 0 amide bonds. The molecule has 3 nitrogen and oxygen atoms in total. The van der Waals surface area contributed by atoms with Gasteiger partial charge in [-0.1, -0.05) is 121 Å². The van der Waals surface area contributed by atoms with Crippen molar-refractivity contribution >= 4 is 82.5 Å². The Labute approximate surface area is 305 Å². The highest BCUT2D eigenvalue weighted by Gasteiger charge is 2.20. The molecule has 0 unspecified atom stereocenters. The number of anilines is 3. The second-order valence-electron chi connectivity index (χ2n) is 13.7. The van der Waals surface area contributed by atoms with Crippen LogP contribution >= 0.6 is 0 Å². The molecule has 0 radical (unpaired) electrons. The molecule has 11 aromatic rings. The number of nitrogens with zero attached hydrogens (tertiary/aromatic N) is 1. The molecule has 53 heavy (non-hydrogen) atoms. The normalized spacial score (nSPS) is 11.8. The van der Waals surface area contributed by atoms with Gasteiger partial charge in [0, 0.05) is 44.0 Å². The highest BCUT2D eigenvalue weighted by atomic mass is 16.3. The Morgan fingerprint density at radius 1 is 0.302 bits per heavy atom. The van der Waals surface area contributed by atoms with E-state index < -0.39 is 0 Å².